The lowest BCUT2D eigenvalue weighted by atomic mass is 10.1. The van der Waals surface area contributed by atoms with Crippen LogP contribution in [0.25, 0.3) is 0 Å². The van der Waals surface area contributed by atoms with Crippen LogP contribution in [0.15, 0.2) is 0 Å². The third-order valence-corrected chi connectivity index (χ3v) is 2.62. The molecule has 0 rings (SSSR count). The number of methoxy groups -OCH3 is 1. The smallest absolute Gasteiger partial charge is 0.305 e. The van der Waals surface area contributed by atoms with Crippen LogP contribution in [-0.2, 0) is 14.3 Å². The van der Waals surface area contributed by atoms with Gasteiger partial charge in [-0.2, -0.15) is 0 Å². The van der Waals surface area contributed by atoms with E-state index < -0.39 is 0 Å². The van der Waals surface area contributed by atoms with Crippen LogP contribution in [0.1, 0.15) is 64.7 Å². The van der Waals surface area contributed by atoms with E-state index in [-0.39, 0.29) is 11.8 Å². The SMILES string of the molecule is CCCCCCCC(=O)CCCC(=O)OC. The molecule has 0 aliphatic heterocycles. The Morgan fingerprint density at radius 2 is 1.50 bits per heavy atom. The molecular formula is C13H24O3. The zero-order valence-corrected chi connectivity index (χ0v) is 10.6. The van der Waals surface area contributed by atoms with E-state index in [0.29, 0.717) is 25.7 Å². The molecule has 0 saturated carbocycles. The van der Waals surface area contributed by atoms with Crippen LogP contribution in [0.4, 0.5) is 0 Å². The van der Waals surface area contributed by atoms with Gasteiger partial charge in [-0.05, 0) is 12.8 Å². The molecule has 0 N–H and O–H groups in total. The summed E-state index contributed by atoms with van der Waals surface area (Å²) in [6.07, 6.45) is 8.04. The van der Waals surface area contributed by atoms with Gasteiger partial charge in [0.15, 0.2) is 0 Å². The summed E-state index contributed by atoms with van der Waals surface area (Å²) in [5.74, 6) is 0.0520. The Hall–Kier alpha value is -0.860. The fraction of sp³-hybridized carbons (Fsp3) is 0.846. The molecule has 0 spiro atoms. The Bertz CT molecular complexity index is 199. The second kappa shape index (κ2) is 10.7. The van der Waals surface area contributed by atoms with Gasteiger partial charge in [-0.1, -0.05) is 32.6 Å². The molecule has 0 aliphatic carbocycles. The molecule has 0 aromatic carbocycles. The van der Waals surface area contributed by atoms with E-state index >= 15 is 0 Å². The number of esters is 1. The minimum atomic E-state index is -0.226. The van der Waals surface area contributed by atoms with Crippen LogP contribution in [-0.4, -0.2) is 18.9 Å². The van der Waals surface area contributed by atoms with E-state index in [1.807, 2.05) is 0 Å². The number of Topliss-reactive ketones (excluding diaryl/α,β-unsaturated/α-hetero) is 1. The first-order chi connectivity index (χ1) is 7.70. The van der Waals surface area contributed by atoms with E-state index in [2.05, 4.69) is 11.7 Å². The molecule has 94 valence electrons. The predicted molar refractivity (Wildman–Crippen MR) is 64.3 cm³/mol. The number of hydrogen-bond donors (Lipinski definition) is 0. The summed E-state index contributed by atoms with van der Waals surface area (Å²) >= 11 is 0. The molecular weight excluding hydrogens is 204 g/mol. The van der Waals surface area contributed by atoms with Gasteiger partial charge in [0.1, 0.15) is 5.78 Å². The number of unbranched alkanes of at least 4 members (excludes halogenated alkanes) is 4. The van der Waals surface area contributed by atoms with E-state index in [1.54, 1.807) is 0 Å². The second-order valence-electron chi connectivity index (χ2n) is 4.13. The van der Waals surface area contributed by atoms with Gasteiger partial charge in [-0.15, -0.1) is 0 Å². The summed E-state index contributed by atoms with van der Waals surface area (Å²) < 4.78 is 4.51. The van der Waals surface area contributed by atoms with Gasteiger partial charge >= 0.3 is 5.97 Å². The first kappa shape index (κ1) is 15.1. The molecule has 0 aromatic heterocycles. The van der Waals surface area contributed by atoms with Crippen molar-refractivity contribution in [3.63, 3.8) is 0 Å². The Morgan fingerprint density at radius 3 is 2.12 bits per heavy atom. The van der Waals surface area contributed by atoms with Gasteiger partial charge in [-0.3, -0.25) is 9.59 Å². The summed E-state index contributed by atoms with van der Waals surface area (Å²) in [5, 5.41) is 0. The Morgan fingerprint density at radius 1 is 0.875 bits per heavy atom. The van der Waals surface area contributed by atoms with Crippen LogP contribution in [0.5, 0.6) is 0 Å². The lowest BCUT2D eigenvalue weighted by Crippen LogP contribution is -2.03. The number of carbonyl (C=O) groups is 2. The van der Waals surface area contributed by atoms with E-state index in [9.17, 15) is 9.59 Å². The topological polar surface area (TPSA) is 43.4 Å². The van der Waals surface area contributed by atoms with Gasteiger partial charge in [0.25, 0.3) is 0 Å². The predicted octanol–water partition coefficient (Wildman–Crippen LogP) is 3.26. The Labute approximate surface area is 98.6 Å². The molecule has 0 bridgehead atoms. The standard InChI is InChI=1S/C13H24O3/c1-3-4-5-6-7-9-12(14)10-8-11-13(15)16-2/h3-11H2,1-2H3. The molecule has 0 aromatic rings. The van der Waals surface area contributed by atoms with Crippen molar-refractivity contribution < 1.29 is 14.3 Å². The van der Waals surface area contributed by atoms with Crippen LogP contribution < -0.4 is 0 Å². The van der Waals surface area contributed by atoms with Gasteiger partial charge in [-0.25, -0.2) is 0 Å². The molecule has 16 heavy (non-hydrogen) atoms. The van der Waals surface area contributed by atoms with Crippen molar-refractivity contribution >= 4 is 11.8 Å². The first-order valence-corrected chi connectivity index (χ1v) is 6.29. The van der Waals surface area contributed by atoms with Crippen molar-refractivity contribution in [2.75, 3.05) is 7.11 Å². The highest BCUT2D eigenvalue weighted by Crippen LogP contribution is 2.08. The maximum Gasteiger partial charge on any atom is 0.305 e. The largest absolute Gasteiger partial charge is 0.469 e. The lowest BCUT2D eigenvalue weighted by Gasteiger charge is -2.01. The molecule has 0 unspecified atom stereocenters. The van der Waals surface area contributed by atoms with Gasteiger partial charge in [0.2, 0.25) is 0 Å². The van der Waals surface area contributed by atoms with E-state index in [0.717, 1.165) is 12.8 Å². The monoisotopic (exact) mass is 228 g/mol. The van der Waals surface area contributed by atoms with Gasteiger partial charge < -0.3 is 4.74 Å². The molecule has 0 fully saturated rings. The van der Waals surface area contributed by atoms with Crippen molar-refractivity contribution in [2.24, 2.45) is 0 Å². The molecule has 0 radical (unpaired) electrons. The van der Waals surface area contributed by atoms with Crippen LogP contribution >= 0.6 is 0 Å². The summed E-state index contributed by atoms with van der Waals surface area (Å²) in [5.41, 5.74) is 0. The third kappa shape index (κ3) is 9.69. The van der Waals surface area contributed by atoms with Crippen molar-refractivity contribution in [3.05, 3.63) is 0 Å². The normalized spacial score (nSPS) is 10.1. The van der Waals surface area contributed by atoms with Gasteiger partial charge in [0.05, 0.1) is 7.11 Å². The highest BCUT2D eigenvalue weighted by atomic mass is 16.5. The minimum absolute atomic E-state index is 0.226. The number of carbonyl (C=O) groups excluding carboxylic acids is 2. The Kier molecular flexibility index (Phi) is 10.1. The fourth-order valence-corrected chi connectivity index (χ4v) is 1.58. The fourth-order valence-electron chi connectivity index (χ4n) is 1.58. The summed E-state index contributed by atoms with van der Waals surface area (Å²) in [4.78, 5) is 22.2. The first-order valence-electron chi connectivity index (χ1n) is 6.29. The molecule has 0 heterocycles. The molecule has 3 nitrogen and oxygen atoms in total. The highest BCUT2D eigenvalue weighted by molar-refractivity contribution is 5.79. The molecule has 0 saturated heterocycles. The van der Waals surface area contributed by atoms with Crippen molar-refractivity contribution in [3.8, 4) is 0 Å². The zero-order chi connectivity index (χ0) is 12.2. The van der Waals surface area contributed by atoms with Crippen LogP contribution in [0.3, 0.4) is 0 Å². The number of rotatable bonds is 10. The van der Waals surface area contributed by atoms with Crippen LogP contribution in [0, 0.1) is 0 Å². The highest BCUT2D eigenvalue weighted by Gasteiger charge is 2.04. The van der Waals surface area contributed by atoms with Gasteiger partial charge in [0, 0.05) is 19.3 Å². The average Bonchev–Trinajstić information content (AvgIpc) is 2.28. The maximum absolute atomic E-state index is 11.4. The molecule has 0 aliphatic rings. The van der Waals surface area contributed by atoms with Crippen molar-refractivity contribution in [1.82, 2.24) is 0 Å². The van der Waals surface area contributed by atoms with Crippen molar-refractivity contribution in [1.29, 1.82) is 0 Å². The zero-order valence-electron chi connectivity index (χ0n) is 10.6. The molecule has 0 amide bonds. The maximum atomic E-state index is 11.4. The average molecular weight is 228 g/mol. The number of ketones is 1. The molecule has 0 atom stereocenters. The van der Waals surface area contributed by atoms with Crippen molar-refractivity contribution in [2.45, 2.75) is 64.7 Å². The molecule has 3 heteroatoms. The quantitative estimate of drug-likeness (QED) is 0.426. The minimum Gasteiger partial charge on any atom is -0.469 e. The van der Waals surface area contributed by atoms with E-state index in [4.69, 9.17) is 0 Å². The number of hydrogen-bond acceptors (Lipinski definition) is 3. The second-order valence-corrected chi connectivity index (χ2v) is 4.13. The summed E-state index contributed by atoms with van der Waals surface area (Å²) in [6.45, 7) is 2.18. The van der Waals surface area contributed by atoms with E-state index in [1.165, 1.54) is 26.4 Å². The lowest BCUT2D eigenvalue weighted by molar-refractivity contribution is -0.140. The van der Waals surface area contributed by atoms with Crippen LogP contribution in [0.2, 0.25) is 0 Å². The summed E-state index contributed by atoms with van der Waals surface area (Å²) in [6, 6.07) is 0. The Balaban J connectivity index is 3.28. The summed E-state index contributed by atoms with van der Waals surface area (Å²) in [7, 11) is 1.37. The number of ether oxygens (including phenoxy) is 1. The third-order valence-electron chi connectivity index (χ3n) is 2.62.